The Balaban J connectivity index is 3.19. The van der Waals surface area contributed by atoms with E-state index in [1.54, 1.807) is 0 Å². The SMILES string of the molecule is CCC(CC)C(C)(O)c1cc(C)ccc1C. The highest BCUT2D eigenvalue weighted by molar-refractivity contribution is 5.35. The van der Waals surface area contributed by atoms with Gasteiger partial charge in [-0.15, -0.1) is 0 Å². The maximum atomic E-state index is 10.8. The second-order valence-corrected chi connectivity index (χ2v) is 4.98. The first-order chi connectivity index (χ1) is 7.43. The predicted molar refractivity (Wildman–Crippen MR) is 69.6 cm³/mol. The van der Waals surface area contributed by atoms with Crippen molar-refractivity contribution in [2.24, 2.45) is 5.92 Å². The highest BCUT2D eigenvalue weighted by atomic mass is 16.3. The van der Waals surface area contributed by atoms with E-state index in [1.165, 1.54) is 11.1 Å². The Labute approximate surface area is 99.5 Å². The molecule has 0 spiro atoms. The Hall–Kier alpha value is -0.820. The van der Waals surface area contributed by atoms with Crippen molar-refractivity contribution >= 4 is 0 Å². The lowest BCUT2D eigenvalue weighted by molar-refractivity contribution is -0.0101. The summed E-state index contributed by atoms with van der Waals surface area (Å²) in [6.07, 6.45) is 2.02. The molecule has 1 aromatic rings. The van der Waals surface area contributed by atoms with Gasteiger partial charge in [-0.3, -0.25) is 0 Å². The van der Waals surface area contributed by atoms with Gasteiger partial charge in [-0.2, -0.15) is 0 Å². The van der Waals surface area contributed by atoms with E-state index in [9.17, 15) is 5.11 Å². The zero-order valence-electron chi connectivity index (χ0n) is 11.2. The molecule has 0 saturated carbocycles. The molecule has 0 aromatic heterocycles. The molecule has 1 rings (SSSR count). The molecule has 16 heavy (non-hydrogen) atoms. The summed E-state index contributed by atoms with van der Waals surface area (Å²) in [6.45, 7) is 10.4. The van der Waals surface area contributed by atoms with Gasteiger partial charge >= 0.3 is 0 Å². The third kappa shape index (κ3) is 2.46. The summed E-state index contributed by atoms with van der Waals surface area (Å²) >= 11 is 0. The third-order valence-corrected chi connectivity index (χ3v) is 3.72. The van der Waals surface area contributed by atoms with E-state index >= 15 is 0 Å². The molecule has 1 N–H and O–H groups in total. The molecule has 1 heteroatoms. The minimum absolute atomic E-state index is 0.327. The van der Waals surface area contributed by atoms with Gasteiger partial charge in [0.05, 0.1) is 5.60 Å². The fraction of sp³-hybridized carbons (Fsp3) is 0.600. The average Bonchev–Trinajstić information content (AvgIpc) is 2.23. The minimum atomic E-state index is -0.709. The fourth-order valence-corrected chi connectivity index (χ4v) is 2.58. The van der Waals surface area contributed by atoms with Crippen molar-refractivity contribution in [1.82, 2.24) is 0 Å². The molecule has 0 saturated heterocycles. The molecule has 1 atom stereocenters. The Kier molecular flexibility index (Phi) is 4.15. The lowest BCUT2D eigenvalue weighted by Crippen LogP contribution is -2.32. The van der Waals surface area contributed by atoms with Gasteiger partial charge in [0.2, 0.25) is 0 Å². The van der Waals surface area contributed by atoms with Crippen LogP contribution in [0.3, 0.4) is 0 Å². The lowest BCUT2D eigenvalue weighted by atomic mass is 9.78. The molecule has 0 bridgehead atoms. The van der Waals surface area contributed by atoms with Crippen LogP contribution in [0, 0.1) is 19.8 Å². The van der Waals surface area contributed by atoms with Gasteiger partial charge in [-0.05, 0) is 37.8 Å². The number of aryl methyl sites for hydroxylation is 2. The highest BCUT2D eigenvalue weighted by Crippen LogP contribution is 2.35. The van der Waals surface area contributed by atoms with E-state index in [-0.39, 0.29) is 0 Å². The molecule has 1 aromatic carbocycles. The van der Waals surface area contributed by atoms with Crippen LogP contribution in [0.15, 0.2) is 18.2 Å². The fourth-order valence-electron chi connectivity index (χ4n) is 2.58. The molecule has 1 nitrogen and oxygen atoms in total. The van der Waals surface area contributed by atoms with Crippen LogP contribution >= 0.6 is 0 Å². The zero-order valence-corrected chi connectivity index (χ0v) is 11.2. The van der Waals surface area contributed by atoms with Crippen molar-refractivity contribution in [3.8, 4) is 0 Å². The number of aliphatic hydroxyl groups is 1. The molecule has 0 aliphatic carbocycles. The highest BCUT2D eigenvalue weighted by Gasteiger charge is 2.32. The van der Waals surface area contributed by atoms with Crippen LogP contribution in [0.25, 0.3) is 0 Å². The maximum absolute atomic E-state index is 10.8. The summed E-state index contributed by atoms with van der Waals surface area (Å²) in [5.74, 6) is 0.327. The van der Waals surface area contributed by atoms with Crippen LogP contribution in [-0.4, -0.2) is 5.11 Å². The lowest BCUT2D eigenvalue weighted by Gasteiger charge is -2.33. The molecule has 0 heterocycles. The normalized spacial score (nSPS) is 15.2. The molecular weight excluding hydrogens is 196 g/mol. The van der Waals surface area contributed by atoms with Crippen molar-refractivity contribution in [1.29, 1.82) is 0 Å². The second kappa shape index (κ2) is 5.01. The van der Waals surface area contributed by atoms with E-state index in [4.69, 9.17) is 0 Å². The van der Waals surface area contributed by atoms with Gasteiger partial charge in [-0.1, -0.05) is 50.5 Å². The molecule has 0 fully saturated rings. The minimum Gasteiger partial charge on any atom is -0.385 e. The summed E-state index contributed by atoms with van der Waals surface area (Å²) < 4.78 is 0. The summed E-state index contributed by atoms with van der Waals surface area (Å²) in [5, 5.41) is 10.8. The van der Waals surface area contributed by atoms with Crippen LogP contribution in [0.2, 0.25) is 0 Å². The number of benzene rings is 1. The standard InChI is InChI=1S/C15H24O/c1-6-13(7-2)15(5,16)14-10-11(3)8-9-12(14)4/h8-10,13,16H,6-7H2,1-5H3. The largest absolute Gasteiger partial charge is 0.385 e. The molecule has 0 aliphatic rings. The predicted octanol–water partition coefficient (Wildman–Crippen LogP) is 3.95. The van der Waals surface area contributed by atoms with E-state index in [0.717, 1.165) is 18.4 Å². The maximum Gasteiger partial charge on any atom is 0.0898 e. The van der Waals surface area contributed by atoms with Crippen molar-refractivity contribution in [3.05, 3.63) is 34.9 Å². The van der Waals surface area contributed by atoms with Gasteiger partial charge in [0, 0.05) is 0 Å². The Morgan fingerprint density at radius 3 is 2.25 bits per heavy atom. The molecular formula is C15H24O. The van der Waals surface area contributed by atoms with Gasteiger partial charge in [0.1, 0.15) is 0 Å². The van der Waals surface area contributed by atoms with Crippen molar-refractivity contribution in [2.45, 2.75) is 53.1 Å². The molecule has 0 amide bonds. The first-order valence-corrected chi connectivity index (χ1v) is 6.23. The zero-order chi connectivity index (χ0) is 12.3. The summed E-state index contributed by atoms with van der Waals surface area (Å²) in [5.41, 5.74) is 2.77. The van der Waals surface area contributed by atoms with Crippen LogP contribution in [0.5, 0.6) is 0 Å². The van der Waals surface area contributed by atoms with Crippen LogP contribution in [0.4, 0.5) is 0 Å². The first kappa shape index (κ1) is 13.2. The molecule has 0 aliphatic heterocycles. The number of rotatable bonds is 4. The van der Waals surface area contributed by atoms with Gasteiger partial charge in [0.25, 0.3) is 0 Å². The Morgan fingerprint density at radius 2 is 1.75 bits per heavy atom. The quantitative estimate of drug-likeness (QED) is 0.814. The second-order valence-electron chi connectivity index (χ2n) is 4.98. The van der Waals surface area contributed by atoms with Gasteiger partial charge in [-0.25, -0.2) is 0 Å². The van der Waals surface area contributed by atoms with Crippen molar-refractivity contribution < 1.29 is 5.11 Å². The van der Waals surface area contributed by atoms with Gasteiger partial charge in [0.15, 0.2) is 0 Å². The molecule has 1 unspecified atom stereocenters. The Morgan fingerprint density at radius 1 is 1.19 bits per heavy atom. The van der Waals surface area contributed by atoms with Gasteiger partial charge < -0.3 is 5.11 Å². The topological polar surface area (TPSA) is 20.2 Å². The van der Waals surface area contributed by atoms with E-state index < -0.39 is 5.60 Å². The Bertz CT molecular complexity index is 348. The number of hydrogen-bond acceptors (Lipinski definition) is 1. The van der Waals surface area contributed by atoms with Crippen molar-refractivity contribution in [3.63, 3.8) is 0 Å². The summed E-state index contributed by atoms with van der Waals surface area (Å²) in [7, 11) is 0. The average molecular weight is 220 g/mol. The van der Waals surface area contributed by atoms with Crippen LogP contribution in [0.1, 0.15) is 50.3 Å². The van der Waals surface area contributed by atoms with E-state index in [0.29, 0.717) is 5.92 Å². The first-order valence-electron chi connectivity index (χ1n) is 6.23. The molecule has 0 radical (unpaired) electrons. The smallest absolute Gasteiger partial charge is 0.0898 e. The van der Waals surface area contributed by atoms with Crippen LogP contribution in [-0.2, 0) is 5.60 Å². The van der Waals surface area contributed by atoms with Crippen molar-refractivity contribution in [2.75, 3.05) is 0 Å². The van der Waals surface area contributed by atoms with E-state index in [1.807, 2.05) is 6.92 Å². The van der Waals surface area contributed by atoms with Crippen LogP contribution < -0.4 is 0 Å². The monoisotopic (exact) mass is 220 g/mol. The molecule has 90 valence electrons. The third-order valence-electron chi connectivity index (χ3n) is 3.72. The number of hydrogen-bond donors (Lipinski definition) is 1. The van der Waals surface area contributed by atoms with E-state index in [2.05, 4.69) is 45.9 Å². The summed E-state index contributed by atoms with van der Waals surface area (Å²) in [6, 6.07) is 6.32. The summed E-state index contributed by atoms with van der Waals surface area (Å²) in [4.78, 5) is 0.